The number of hydrogen-bond acceptors (Lipinski definition) is 4. The van der Waals surface area contributed by atoms with Crippen molar-refractivity contribution in [3.05, 3.63) is 0 Å². The van der Waals surface area contributed by atoms with Crippen LogP contribution in [0.5, 0.6) is 0 Å². The molecule has 0 radical (unpaired) electrons. The lowest BCUT2D eigenvalue weighted by molar-refractivity contribution is -0.123. The van der Waals surface area contributed by atoms with Crippen molar-refractivity contribution in [2.75, 3.05) is 33.7 Å². The van der Waals surface area contributed by atoms with Gasteiger partial charge in [-0.05, 0) is 66.2 Å². The summed E-state index contributed by atoms with van der Waals surface area (Å²) in [4.78, 5) is 16.0. The third kappa shape index (κ3) is 5.09. The Kier molecular flexibility index (Phi) is 5.77. The number of piperidine rings is 1. The minimum absolute atomic E-state index is 0.308. The Hall–Kier alpha value is -0.650. The van der Waals surface area contributed by atoms with Crippen LogP contribution in [0.25, 0.3) is 0 Å². The average molecular weight is 270 g/mol. The standard InChI is InChI=1S/C14H30N4O/c1-11(9-14(2,16)13(15)19)18-7-5-12(6-8-18)10-17(3)4/h11-12H,5-10,16H2,1-4H3,(H2,15,19). The summed E-state index contributed by atoms with van der Waals surface area (Å²) >= 11 is 0. The van der Waals surface area contributed by atoms with Gasteiger partial charge in [0.2, 0.25) is 5.91 Å². The Balaban J connectivity index is 2.41. The quantitative estimate of drug-likeness (QED) is 0.725. The van der Waals surface area contributed by atoms with Crippen molar-refractivity contribution < 1.29 is 4.79 Å². The number of nitrogens with zero attached hydrogens (tertiary/aromatic N) is 2. The molecule has 0 bridgehead atoms. The van der Waals surface area contributed by atoms with Gasteiger partial charge in [-0.15, -0.1) is 0 Å². The molecule has 1 heterocycles. The minimum Gasteiger partial charge on any atom is -0.368 e. The molecule has 0 aromatic rings. The van der Waals surface area contributed by atoms with E-state index < -0.39 is 11.4 Å². The Labute approximate surface area is 117 Å². The Morgan fingerprint density at radius 2 is 1.95 bits per heavy atom. The molecule has 1 aliphatic heterocycles. The monoisotopic (exact) mass is 270 g/mol. The van der Waals surface area contributed by atoms with Gasteiger partial charge in [-0.3, -0.25) is 4.79 Å². The number of amides is 1. The zero-order chi connectivity index (χ0) is 14.6. The first-order valence-corrected chi connectivity index (χ1v) is 7.20. The molecule has 0 aliphatic carbocycles. The van der Waals surface area contributed by atoms with Gasteiger partial charge in [0.15, 0.2) is 0 Å². The molecule has 2 atom stereocenters. The highest BCUT2D eigenvalue weighted by atomic mass is 16.1. The van der Waals surface area contributed by atoms with E-state index in [1.165, 1.54) is 12.8 Å². The first-order chi connectivity index (χ1) is 8.72. The van der Waals surface area contributed by atoms with Crippen LogP contribution >= 0.6 is 0 Å². The van der Waals surface area contributed by atoms with Crippen LogP contribution in [0.2, 0.25) is 0 Å². The molecule has 1 rings (SSSR count). The molecule has 0 saturated carbocycles. The van der Waals surface area contributed by atoms with Crippen LogP contribution in [0, 0.1) is 5.92 Å². The average Bonchev–Trinajstić information content (AvgIpc) is 2.28. The summed E-state index contributed by atoms with van der Waals surface area (Å²) in [6.45, 7) is 7.21. The number of carbonyl (C=O) groups is 1. The summed E-state index contributed by atoms with van der Waals surface area (Å²) in [5.74, 6) is 0.376. The molecule has 5 heteroatoms. The smallest absolute Gasteiger partial charge is 0.237 e. The van der Waals surface area contributed by atoms with E-state index in [0.717, 1.165) is 25.6 Å². The molecule has 1 amide bonds. The highest BCUT2D eigenvalue weighted by Gasteiger charge is 2.31. The van der Waals surface area contributed by atoms with E-state index in [0.29, 0.717) is 12.5 Å². The van der Waals surface area contributed by atoms with E-state index in [4.69, 9.17) is 11.5 Å². The highest BCUT2D eigenvalue weighted by molar-refractivity contribution is 5.83. The predicted octanol–water partition coefficient (Wildman–Crippen LogP) is 0.241. The summed E-state index contributed by atoms with van der Waals surface area (Å²) < 4.78 is 0. The lowest BCUT2D eigenvalue weighted by atomic mass is 9.90. The molecule has 0 aromatic carbocycles. The molecule has 112 valence electrons. The number of primary amides is 1. The lowest BCUT2D eigenvalue weighted by Gasteiger charge is -2.39. The lowest BCUT2D eigenvalue weighted by Crippen LogP contribution is -2.54. The summed E-state index contributed by atoms with van der Waals surface area (Å²) in [6, 6.07) is 0.308. The largest absolute Gasteiger partial charge is 0.368 e. The van der Waals surface area contributed by atoms with Crippen molar-refractivity contribution in [1.29, 1.82) is 0 Å². The van der Waals surface area contributed by atoms with Crippen LogP contribution in [-0.4, -0.2) is 61.0 Å². The fourth-order valence-electron chi connectivity index (χ4n) is 2.94. The van der Waals surface area contributed by atoms with Crippen molar-refractivity contribution in [1.82, 2.24) is 9.80 Å². The van der Waals surface area contributed by atoms with Crippen molar-refractivity contribution >= 4 is 5.91 Å². The number of nitrogens with two attached hydrogens (primary N) is 2. The Morgan fingerprint density at radius 3 is 2.37 bits per heavy atom. The van der Waals surface area contributed by atoms with Crippen molar-refractivity contribution in [2.24, 2.45) is 17.4 Å². The van der Waals surface area contributed by atoms with Crippen LogP contribution in [0.4, 0.5) is 0 Å². The molecular weight excluding hydrogens is 240 g/mol. The highest BCUT2D eigenvalue weighted by Crippen LogP contribution is 2.22. The predicted molar refractivity (Wildman–Crippen MR) is 78.7 cm³/mol. The van der Waals surface area contributed by atoms with Crippen LogP contribution < -0.4 is 11.5 Å². The second kappa shape index (κ2) is 6.68. The molecule has 19 heavy (non-hydrogen) atoms. The third-order valence-corrected chi connectivity index (χ3v) is 4.18. The van der Waals surface area contributed by atoms with Gasteiger partial charge in [-0.25, -0.2) is 0 Å². The molecule has 1 aliphatic rings. The fourth-order valence-corrected chi connectivity index (χ4v) is 2.94. The maximum atomic E-state index is 11.3. The minimum atomic E-state index is -0.903. The first-order valence-electron chi connectivity index (χ1n) is 7.20. The summed E-state index contributed by atoms with van der Waals surface area (Å²) in [7, 11) is 4.25. The number of likely N-dealkylation sites (tertiary alicyclic amines) is 1. The summed E-state index contributed by atoms with van der Waals surface area (Å²) in [6.07, 6.45) is 3.07. The van der Waals surface area contributed by atoms with Gasteiger partial charge in [0.1, 0.15) is 0 Å². The van der Waals surface area contributed by atoms with Gasteiger partial charge in [-0.2, -0.15) is 0 Å². The molecule has 2 unspecified atom stereocenters. The summed E-state index contributed by atoms with van der Waals surface area (Å²) in [5, 5.41) is 0. The second-order valence-electron chi connectivity index (χ2n) is 6.58. The zero-order valence-corrected chi connectivity index (χ0v) is 12.9. The SMILES string of the molecule is CC(CC(C)(N)C(N)=O)N1CCC(CN(C)C)CC1. The maximum absolute atomic E-state index is 11.3. The molecule has 4 N–H and O–H groups in total. The van der Waals surface area contributed by atoms with Gasteiger partial charge in [0.05, 0.1) is 5.54 Å². The molecule has 1 saturated heterocycles. The van der Waals surface area contributed by atoms with Crippen LogP contribution in [0.15, 0.2) is 0 Å². The van der Waals surface area contributed by atoms with Gasteiger partial charge >= 0.3 is 0 Å². The molecular formula is C14H30N4O. The second-order valence-corrected chi connectivity index (χ2v) is 6.58. The number of hydrogen-bond donors (Lipinski definition) is 2. The topological polar surface area (TPSA) is 75.6 Å². The van der Waals surface area contributed by atoms with Gasteiger partial charge < -0.3 is 21.3 Å². The van der Waals surface area contributed by atoms with E-state index in [1.54, 1.807) is 6.92 Å². The zero-order valence-electron chi connectivity index (χ0n) is 12.9. The van der Waals surface area contributed by atoms with Crippen LogP contribution in [0.1, 0.15) is 33.1 Å². The van der Waals surface area contributed by atoms with Crippen molar-refractivity contribution in [3.8, 4) is 0 Å². The van der Waals surface area contributed by atoms with Crippen molar-refractivity contribution in [2.45, 2.75) is 44.7 Å². The molecule has 1 fully saturated rings. The van der Waals surface area contributed by atoms with Crippen LogP contribution in [-0.2, 0) is 4.79 Å². The Morgan fingerprint density at radius 1 is 1.42 bits per heavy atom. The first kappa shape index (κ1) is 16.4. The Bertz CT molecular complexity index is 296. The summed E-state index contributed by atoms with van der Waals surface area (Å²) in [5.41, 5.74) is 10.4. The number of carbonyl (C=O) groups excluding carboxylic acids is 1. The normalized spacial score (nSPS) is 23.3. The van der Waals surface area contributed by atoms with E-state index in [1.807, 2.05) is 0 Å². The van der Waals surface area contributed by atoms with E-state index >= 15 is 0 Å². The van der Waals surface area contributed by atoms with Crippen molar-refractivity contribution in [3.63, 3.8) is 0 Å². The van der Waals surface area contributed by atoms with E-state index in [2.05, 4.69) is 30.8 Å². The molecule has 0 aromatic heterocycles. The van der Waals surface area contributed by atoms with E-state index in [-0.39, 0.29) is 0 Å². The van der Waals surface area contributed by atoms with Gasteiger partial charge in [0, 0.05) is 12.6 Å². The maximum Gasteiger partial charge on any atom is 0.237 e. The number of rotatable bonds is 6. The third-order valence-electron chi connectivity index (χ3n) is 4.18. The van der Waals surface area contributed by atoms with E-state index in [9.17, 15) is 4.79 Å². The fraction of sp³-hybridized carbons (Fsp3) is 0.929. The molecule has 0 spiro atoms. The van der Waals surface area contributed by atoms with Crippen LogP contribution in [0.3, 0.4) is 0 Å². The molecule has 5 nitrogen and oxygen atoms in total. The van der Waals surface area contributed by atoms with Gasteiger partial charge in [0.25, 0.3) is 0 Å². The van der Waals surface area contributed by atoms with Gasteiger partial charge in [-0.1, -0.05) is 0 Å².